The highest BCUT2D eigenvalue weighted by Gasteiger charge is 2.53. The summed E-state index contributed by atoms with van der Waals surface area (Å²) in [6, 6.07) is 6.93. The van der Waals surface area contributed by atoms with Crippen LogP contribution in [0, 0.1) is 0 Å². The smallest absolute Gasteiger partial charge is 0.371 e. The highest BCUT2D eigenvalue weighted by atomic mass is 19.4. The van der Waals surface area contributed by atoms with E-state index in [4.69, 9.17) is 14.2 Å². The Labute approximate surface area is 188 Å². The topological polar surface area (TPSA) is 85.8 Å². The predicted octanol–water partition coefficient (Wildman–Crippen LogP) is 2.85. The molecule has 0 radical (unpaired) electrons. The van der Waals surface area contributed by atoms with Gasteiger partial charge in [-0.25, -0.2) is 4.98 Å². The molecule has 176 valence electrons. The Morgan fingerprint density at radius 3 is 2.70 bits per heavy atom. The molecule has 5 rings (SSSR count). The number of hydrogen-bond donors (Lipinski definition) is 1. The van der Waals surface area contributed by atoms with E-state index in [-0.39, 0.29) is 18.3 Å². The summed E-state index contributed by atoms with van der Waals surface area (Å²) in [4.78, 5) is 21.8. The summed E-state index contributed by atoms with van der Waals surface area (Å²) in [5, 5.41) is 2.96. The first-order chi connectivity index (χ1) is 15.6. The number of fused-ring (bicyclic) bond motifs is 2. The van der Waals surface area contributed by atoms with Gasteiger partial charge < -0.3 is 24.4 Å². The SMILES string of the molecule is CC1(C)O[C@@H]2[C@H](O1)[C@@H](Nc1cncc(C(F)(F)F)n1)CO[C@@H]2CN1Cc2ccccc2C1=O. The van der Waals surface area contributed by atoms with Crippen LogP contribution in [0.3, 0.4) is 0 Å². The van der Waals surface area contributed by atoms with Crippen LogP contribution < -0.4 is 5.32 Å². The van der Waals surface area contributed by atoms with Gasteiger partial charge in [-0.1, -0.05) is 18.2 Å². The molecule has 0 spiro atoms. The molecule has 4 atom stereocenters. The molecule has 11 heteroatoms. The summed E-state index contributed by atoms with van der Waals surface area (Å²) in [6.07, 6.45) is -4.21. The van der Waals surface area contributed by atoms with Gasteiger partial charge in [-0.2, -0.15) is 13.2 Å². The zero-order valence-electron chi connectivity index (χ0n) is 18.0. The van der Waals surface area contributed by atoms with Gasteiger partial charge in [0.05, 0.1) is 31.6 Å². The molecule has 2 fully saturated rings. The molecule has 4 heterocycles. The Hall–Kier alpha value is -2.76. The first kappa shape index (κ1) is 22.1. The minimum atomic E-state index is -4.60. The van der Waals surface area contributed by atoms with Gasteiger partial charge in [0.1, 0.15) is 24.1 Å². The molecular formula is C22H23F3N4O4. The van der Waals surface area contributed by atoms with E-state index in [9.17, 15) is 18.0 Å². The number of rotatable bonds is 4. The number of carbonyl (C=O) groups excluding carboxylic acids is 1. The summed E-state index contributed by atoms with van der Waals surface area (Å²) in [5.41, 5.74) is 0.549. The fourth-order valence-electron chi connectivity index (χ4n) is 4.55. The van der Waals surface area contributed by atoms with Crippen LogP contribution >= 0.6 is 0 Å². The first-order valence-electron chi connectivity index (χ1n) is 10.6. The molecule has 1 aromatic heterocycles. The molecule has 8 nitrogen and oxygen atoms in total. The number of benzene rings is 1. The van der Waals surface area contributed by atoms with E-state index in [1.54, 1.807) is 24.8 Å². The number of alkyl halides is 3. The summed E-state index contributed by atoms with van der Waals surface area (Å²) in [7, 11) is 0. The number of anilines is 1. The van der Waals surface area contributed by atoms with E-state index in [0.717, 1.165) is 5.56 Å². The summed E-state index contributed by atoms with van der Waals surface area (Å²) in [5.74, 6) is -1.02. The minimum Gasteiger partial charge on any atom is -0.371 e. The second kappa shape index (κ2) is 7.93. The molecule has 33 heavy (non-hydrogen) atoms. The van der Waals surface area contributed by atoms with Gasteiger partial charge in [0.2, 0.25) is 0 Å². The number of carbonyl (C=O) groups is 1. The number of ether oxygens (including phenoxy) is 3. The second-order valence-corrected chi connectivity index (χ2v) is 8.82. The normalized spacial score (nSPS) is 28.5. The van der Waals surface area contributed by atoms with Crippen LogP contribution in [0.4, 0.5) is 19.0 Å². The van der Waals surface area contributed by atoms with Crippen molar-refractivity contribution < 1.29 is 32.2 Å². The van der Waals surface area contributed by atoms with Gasteiger partial charge in [0.25, 0.3) is 5.91 Å². The van der Waals surface area contributed by atoms with Crippen molar-refractivity contribution >= 4 is 11.7 Å². The Balaban J connectivity index is 1.32. The molecule has 0 saturated carbocycles. The predicted molar refractivity (Wildman–Crippen MR) is 109 cm³/mol. The Morgan fingerprint density at radius 1 is 1.18 bits per heavy atom. The van der Waals surface area contributed by atoms with Crippen molar-refractivity contribution in [1.82, 2.24) is 14.9 Å². The average Bonchev–Trinajstić information content (AvgIpc) is 3.26. The van der Waals surface area contributed by atoms with Gasteiger partial charge >= 0.3 is 6.18 Å². The summed E-state index contributed by atoms with van der Waals surface area (Å²) >= 11 is 0. The maximum absolute atomic E-state index is 13.0. The Kier molecular flexibility index (Phi) is 5.30. The Morgan fingerprint density at radius 2 is 1.94 bits per heavy atom. The molecule has 1 aromatic carbocycles. The number of aromatic nitrogens is 2. The van der Waals surface area contributed by atoms with Crippen molar-refractivity contribution in [2.75, 3.05) is 18.5 Å². The highest BCUT2D eigenvalue weighted by Crippen LogP contribution is 2.37. The third-order valence-electron chi connectivity index (χ3n) is 5.97. The lowest BCUT2D eigenvalue weighted by Gasteiger charge is -2.38. The molecule has 0 unspecified atom stereocenters. The van der Waals surface area contributed by atoms with Crippen LogP contribution in [0.1, 0.15) is 35.5 Å². The number of nitrogens with zero attached hydrogens (tertiary/aromatic N) is 3. The van der Waals surface area contributed by atoms with Gasteiger partial charge in [-0.3, -0.25) is 9.78 Å². The van der Waals surface area contributed by atoms with Gasteiger partial charge in [-0.05, 0) is 25.5 Å². The van der Waals surface area contributed by atoms with Crippen molar-refractivity contribution in [3.63, 3.8) is 0 Å². The fourth-order valence-corrected chi connectivity index (χ4v) is 4.55. The van der Waals surface area contributed by atoms with E-state index in [1.807, 2.05) is 18.2 Å². The van der Waals surface area contributed by atoms with E-state index >= 15 is 0 Å². The number of nitrogens with one attached hydrogen (secondary N) is 1. The van der Waals surface area contributed by atoms with E-state index in [1.165, 1.54) is 6.20 Å². The van der Waals surface area contributed by atoms with Crippen LogP contribution in [0.5, 0.6) is 0 Å². The largest absolute Gasteiger partial charge is 0.434 e. The van der Waals surface area contributed by atoms with Crippen LogP contribution in [-0.2, 0) is 26.9 Å². The second-order valence-electron chi connectivity index (χ2n) is 8.82. The highest BCUT2D eigenvalue weighted by molar-refractivity contribution is 5.98. The lowest BCUT2D eigenvalue weighted by atomic mass is 9.97. The first-order valence-corrected chi connectivity index (χ1v) is 10.6. The zero-order valence-corrected chi connectivity index (χ0v) is 18.0. The number of halogens is 3. The summed E-state index contributed by atoms with van der Waals surface area (Å²) in [6.45, 7) is 4.46. The average molecular weight is 464 g/mol. The lowest BCUT2D eigenvalue weighted by Crippen LogP contribution is -2.57. The fraction of sp³-hybridized carbons (Fsp3) is 0.500. The molecule has 1 N–H and O–H groups in total. The van der Waals surface area contributed by atoms with Crippen molar-refractivity contribution in [3.05, 3.63) is 53.5 Å². The van der Waals surface area contributed by atoms with E-state index < -0.39 is 42.0 Å². The third-order valence-corrected chi connectivity index (χ3v) is 5.97. The van der Waals surface area contributed by atoms with Crippen molar-refractivity contribution in [1.29, 1.82) is 0 Å². The molecule has 3 aliphatic rings. The van der Waals surface area contributed by atoms with E-state index in [2.05, 4.69) is 15.3 Å². The molecule has 3 aliphatic heterocycles. The van der Waals surface area contributed by atoms with Crippen molar-refractivity contribution in [2.24, 2.45) is 0 Å². The number of hydrogen-bond acceptors (Lipinski definition) is 7. The zero-order chi connectivity index (χ0) is 23.4. The molecule has 2 saturated heterocycles. The Bertz CT molecular complexity index is 1060. The molecule has 2 aromatic rings. The molecule has 0 bridgehead atoms. The molecule has 0 aliphatic carbocycles. The van der Waals surface area contributed by atoms with E-state index in [0.29, 0.717) is 24.8 Å². The maximum atomic E-state index is 13.0. The van der Waals surface area contributed by atoms with Crippen LogP contribution in [0.2, 0.25) is 0 Å². The third kappa shape index (κ3) is 4.28. The minimum absolute atomic E-state index is 0.0332. The van der Waals surface area contributed by atoms with Gasteiger partial charge in [0, 0.05) is 12.1 Å². The maximum Gasteiger partial charge on any atom is 0.434 e. The molecule has 1 amide bonds. The molecular weight excluding hydrogens is 441 g/mol. The quantitative estimate of drug-likeness (QED) is 0.745. The van der Waals surface area contributed by atoms with Crippen LogP contribution in [0.15, 0.2) is 36.7 Å². The van der Waals surface area contributed by atoms with Crippen molar-refractivity contribution in [3.8, 4) is 0 Å². The van der Waals surface area contributed by atoms with Gasteiger partial charge in [0.15, 0.2) is 11.5 Å². The number of amides is 1. The monoisotopic (exact) mass is 464 g/mol. The van der Waals surface area contributed by atoms with Crippen LogP contribution in [0.25, 0.3) is 0 Å². The standard InChI is InChI=1S/C22H23F3N4O4/c1-21(2)32-18-14(27-17-8-26-7-16(28-17)22(23,24)25)11-31-15(19(18)33-21)10-29-9-12-5-3-4-6-13(12)20(29)30/h3-8,14-15,18-19H,9-11H2,1-2H3,(H,27,28)/t14-,15+,18+,19-/m0/s1. The van der Waals surface area contributed by atoms with Crippen LogP contribution in [-0.4, -0.2) is 64.1 Å². The lowest BCUT2D eigenvalue weighted by molar-refractivity contribution is -0.154. The van der Waals surface area contributed by atoms with Gasteiger partial charge in [-0.15, -0.1) is 0 Å². The van der Waals surface area contributed by atoms with Crippen molar-refractivity contribution in [2.45, 2.75) is 56.7 Å². The summed E-state index contributed by atoms with van der Waals surface area (Å²) < 4.78 is 57.2.